The van der Waals surface area contributed by atoms with Crippen LogP contribution >= 0.6 is 15.9 Å². The van der Waals surface area contributed by atoms with Crippen LogP contribution < -0.4 is 5.32 Å². The standard InChI is InChI=1S/C11H14BrNO/c1-3-4-11(14)13-9-5-6-10(12)8(2)7-9/h5-7H,3-4H2,1-2H3,(H,13,14). The van der Waals surface area contributed by atoms with Crippen molar-refractivity contribution in [3.8, 4) is 0 Å². The molecule has 2 nitrogen and oxygen atoms in total. The van der Waals surface area contributed by atoms with Crippen molar-refractivity contribution in [1.82, 2.24) is 0 Å². The molecule has 0 saturated carbocycles. The number of carbonyl (C=O) groups is 1. The molecule has 0 unspecified atom stereocenters. The lowest BCUT2D eigenvalue weighted by Gasteiger charge is -2.06. The fraction of sp³-hybridized carbons (Fsp3) is 0.364. The van der Waals surface area contributed by atoms with Crippen LogP contribution in [0, 0.1) is 6.92 Å². The van der Waals surface area contributed by atoms with E-state index in [1.54, 1.807) is 0 Å². The molecule has 1 N–H and O–H groups in total. The second-order valence-corrected chi connectivity index (χ2v) is 4.12. The Bertz CT molecular complexity index is 336. The topological polar surface area (TPSA) is 29.1 Å². The Labute approximate surface area is 92.8 Å². The Hall–Kier alpha value is -0.830. The molecule has 1 amide bonds. The summed E-state index contributed by atoms with van der Waals surface area (Å²) in [5.74, 6) is 0.0780. The summed E-state index contributed by atoms with van der Waals surface area (Å²) in [5, 5.41) is 2.85. The van der Waals surface area contributed by atoms with Gasteiger partial charge in [0.1, 0.15) is 0 Å². The number of amides is 1. The molecule has 76 valence electrons. The largest absolute Gasteiger partial charge is 0.326 e. The highest BCUT2D eigenvalue weighted by Crippen LogP contribution is 2.20. The van der Waals surface area contributed by atoms with Crippen LogP contribution in [0.5, 0.6) is 0 Å². The van der Waals surface area contributed by atoms with Gasteiger partial charge in [-0.1, -0.05) is 22.9 Å². The van der Waals surface area contributed by atoms with Crippen molar-refractivity contribution >= 4 is 27.5 Å². The summed E-state index contributed by atoms with van der Waals surface area (Å²) in [5.41, 5.74) is 1.99. The summed E-state index contributed by atoms with van der Waals surface area (Å²) in [6, 6.07) is 5.79. The second kappa shape index (κ2) is 5.15. The summed E-state index contributed by atoms with van der Waals surface area (Å²) >= 11 is 3.41. The molecule has 0 atom stereocenters. The highest BCUT2D eigenvalue weighted by Gasteiger charge is 2.01. The zero-order chi connectivity index (χ0) is 10.6. The number of halogens is 1. The van der Waals surface area contributed by atoms with Crippen LogP contribution in [0.1, 0.15) is 25.3 Å². The summed E-state index contributed by atoms with van der Waals surface area (Å²) in [6.07, 6.45) is 1.45. The third kappa shape index (κ3) is 3.14. The maximum atomic E-state index is 11.3. The Kier molecular flexibility index (Phi) is 4.14. The van der Waals surface area contributed by atoms with Gasteiger partial charge in [0, 0.05) is 16.6 Å². The fourth-order valence-electron chi connectivity index (χ4n) is 1.17. The molecule has 1 aromatic carbocycles. The average molecular weight is 256 g/mol. The smallest absolute Gasteiger partial charge is 0.224 e. The van der Waals surface area contributed by atoms with E-state index in [0.29, 0.717) is 6.42 Å². The fourth-order valence-corrected chi connectivity index (χ4v) is 1.42. The van der Waals surface area contributed by atoms with E-state index in [-0.39, 0.29) is 5.91 Å². The molecule has 0 saturated heterocycles. The van der Waals surface area contributed by atoms with Gasteiger partial charge in [-0.2, -0.15) is 0 Å². The normalized spacial score (nSPS) is 9.93. The number of carbonyl (C=O) groups excluding carboxylic acids is 1. The molecule has 0 aliphatic heterocycles. The van der Waals surface area contributed by atoms with Crippen LogP contribution in [0.3, 0.4) is 0 Å². The van der Waals surface area contributed by atoms with Crippen LogP contribution in [0.25, 0.3) is 0 Å². The lowest BCUT2D eigenvalue weighted by Crippen LogP contribution is -2.10. The van der Waals surface area contributed by atoms with Gasteiger partial charge in [-0.25, -0.2) is 0 Å². The van der Waals surface area contributed by atoms with Gasteiger partial charge >= 0.3 is 0 Å². The summed E-state index contributed by atoms with van der Waals surface area (Å²) in [7, 11) is 0. The number of anilines is 1. The first-order valence-electron chi connectivity index (χ1n) is 4.69. The number of hydrogen-bond donors (Lipinski definition) is 1. The molecule has 14 heavy (non-hydrogen) atoms. The van der Waals surface area contributed by atoms with Gasteiger partial charge in [0.25, 0.3) is 0 Å². The molecule has 0 fully saturated rings. The predicted octanol–water partition coefficient (Wildman–Crippen LogP) is 3.50. The predicted molar refractivity (Wildman–Crippen MR) is 62.4 cm³/mol. The van der Waals surface area contributed by atoms with Crippen LogP contribution in [0.15, 0.2) is 22.7 Å². The Balaban J connectivity index is 2.68. The number of hydrogen-bond acceptors (Lipinski definition) is 1. The number of benzene rings is 1. The van der Waals surface area contributed by atoms with Gasteiger partial charge < -0.3 is 5.32 Å². The summed E-state index contributed by atoms with van der Waals surface area (Å²) in [4.78, 5) is 11.3. The molecule has 1 aromatic rings. The molecule has 1 rings (SSSR count). The summed E-state index contributed by atoms with van der Waals surface area (Å²) < 4.78 is 1.06. The van der Waals surface area contributed by atoms with Gasteiger partial charge in [-0.15, -0.1) is 0 Å². The second-order valence-electron chi connectivity index (χ2n) is 3.26. The quantitative estimate of drug-likeness (QED) is 0.881. The van der Waals surface area contributed by atoms with E-state index in [1.165, 1.54) is 0 Å². The van der Waals surface area contributed by atoms with E-state index < -0.39 is 0 Å². The van der Waals surface area contributed by atoms with Gasteiger partial charge in [0.15, 0.2) is 0 Å². The maximum absolute atomic E-state index is 11.3. The van der Waals surface area contributed by atoms with Crippen molar-refractivity contribution in [1.29, 1.82) is 0 Å². The van der Waals surface area contributed by atoms with E-state index >= 15 is 0 Å². The van der Waals surface area contributed by atoms with Crippen molar-refractivity contribution in [2.75, 3.05) is 5.32 Å². The highest BCUT2D eigenvalue weighted by molar-refractivity contribution is 9.10. The van der Waals surface area contributed by atoms with Gasteiger partial charge in [-0.3, -0.25) is 4.79 Å². The van der Waals surface area contributed by atoms with Gasteiger partial charge in [-0.05, 0) is 37.1 Å². The van der Waals surface area contributed by atoms with E-state index in [0.717, 1.165) is 22.1 Å². The minimum Gasteiger partial charge on any atom is -0.326 e. The molecule has 0 bridgehead atoms. The Morgan fingerprint density at radius 2 is 2.21 bits per heavy atom. The molecule has 3 heteroatoms. The monoisotopic (exact) mass is 255 g/mol. The first kappa shape index (κ1) is 11.2. The van der Waals surface area contributed by atoms with Gasteiger partial charge in [0.2, 0.25) is 5.91 Å². The molecule has 0 heterocycles. The maximum Gasteiger partial charge on any atom is 0.224 e. The molecule has 0 radical (unpaired) electrons. The minimum absolute atomic E-state index is 0.0780. The number of nitrogens with one attached hydrogen (secondary N) is 1. The highest BCUT2D eigenvalue weighted by atomic mass is 79.9. The Morgan fingerprint density at radius 1 is 1.50 bits per heavy atom. The van der Waals surface area contributed by atoms with Gasteiger partial charge in [0.05, 0.1) is 0 Å². The third-order valence-electron chi connectivity index (χ3n) is 1.92. The molecule has 0 aliphatic carbocycles. The molecular formula is C11H14BrNO. The minimum atomic E-state index is 0.0780. The third-order valence-corrected chi connectivity index (χ3v) is 2.81. The molecule has 0 aromatic heterocycles. The van der Waals surface area contributed by atoms with Crippen LogP contribution in [-0.4, -0.2) is 5.91 Å². The van der Waals surface area contributed by atoms with Crippen molar-refractivity contribution in [2.24, 2.45) is 0 Å². The average Bonchev–Trinajstić information content (AvgIpc) is 2.12. The van der Waals surface area contributed by atoms with Crippen molar-refractivity contribution < 1.29 is 4.79 Å². The lowest BCUT2D eigenvalue weighted by molar-refractivity contribution is -0.116. The van der Waals surface area contributed by atoms with Crippen LogP contribution in [0.4, 0.5) is 5.69 Å². The number of aryl methyl sites for hydroxylation is 1. The van der Waals surface area contributed by atoms with Crippen LogP contribution in [-0.2, 0) is 4.79 Å². The number of rotatable bonds is 3. The van der Waals surface area contributed by atoms with E-state index in [1.807, 2.05) is 32.0 Å². The van der Waals surface area contributed by atoms with Crippen molar-refractivity contribution in [3.05, 3.63) is 28.2 Å². The van der Waals surface area contributed by atoms with E-state index in [2.05, 4.69) is 21.2 Å². The SMILES string of the molecule is CCCC(=O)Nc1ccc(Br)c(C)c1. The molecule has 0 spiro atoms. The van der Waals surface area contributed by atoms with Crippen LogP contribution in [0.2, 0.25) is 0 Å². The zero-order valence-electron chi connectivity index (χ0n) is 8.43. The van der Waals surface area contributed by atoms with Crippen molar-refractivity contribution in [3.63, 3.8) is 0 Å². The molecular weight excluding hydrogens is 242 g/mol. The zero-order valence-corrected chi connectivity index (χ0v) is 10.0. The van der Waals surface area contributed by atoms with E-state index in [4.69, 9.17) is 0 Å². The summed E-state index contributed by atoms with van der Waals surface area (Å²) in [6.45, 7) is 3.99. The first-order chi connectivity index (χ1) is 6.63. The van der Waals surface area contributed by atoms with E-state index in [9.17, 15) is 4.79 Å². The lowest BCUT2D eigenvalue weighted by atomic mass is 10.2. The first-order valence-corrected chi connectivity index (χ1v) is 5.48. The van der Waals surface area contributed by atoms with Crippen molar-refractivity contribution in [2.45, 2.75) is 26.7 Å². The molecule has 0 aliphatic rings. The Morgan fingerprint density at radius 3 is 2.79 bits per heavy atom.